The third-order valence-corrected chi connectivity index (χ3v) is 7.37. The molecule has 2 amide bonds. The molecule has 3 heterocycles. The van der Waals surface area contributed by atoms with Crippen molar-refractivity contribution in [3.63, 3.8) is 0 Å². The van der Waals surface area contributed by atoms with Crippen molar-refractivity contribution in [3.8, 4) is 11.1 Å². The quantitative estimate of drug-likeness (QED) is 0.375. The molecule has 0 radical (unpaired) electrons. The van der Waals surface area contributed by atoms with E-state index in [0.717, 1.165) is 11.6 Å². The highest BCUT2D eigenvalue weighted by molar-refractivity contribution is 6.21. The molecule has 2 saturated heterocycles. The summed E-state index contributed by atoms with van der Waals surface area (Å²) in [5.41, 5.74) is 2.87. The smallest absolute Gasteiger partial charge is 0.261 e. The lowest BCUT2D eigenvalue weighted by molar-refractivity contribution is -0.205. The van der Waals surface area contributed by atoms with Crippen LogP contribution < -0.4 is 0 Å². The summed E-state index contributed by atoms with van der Waals surface area (Å²) in [7, 11) is 0. The van der Waals surface area contributed by atoms with Crippen LogP contribution in [0, 0.1) is 17.6 Å². The standard InChI is InChI=1S/C31H27F2NO5/c1-31(2)38-27-25(13-14-34-28(35)23-5-3-4-6-24(23)29(34)36)26(37-30(27)39-31)12-9-18-7-10-19(11-8-18)20-15-21(32)17-22(33)16-20/h3-12,15-17,25-27,30H,13-14H2,1-2H3/t25-,26+,27-,30-/m0/s1. The van der Waals surface area contributed by atoms with Crippen LogP contribution in [-0.4, -0.2) is 47.5 Å². The summed E-state index contributed by atoms with van der Waals surface area (Å²) >= 11 is 0. The van der Waals surface area contributed by atoms with Crippen molar-refractivity contribution in [2.24, 2.45) is 5.92 Å². The van der Waals surface area contributed by atoms with Crippen LogP contribution in [0.1, 0.15) is 46.5 Å². The highest BCUT2D eigenvalue weighted by Crippen LogP contribution is 2.43. The van der Waals surface area contributed by atoms with Gasteiger partial charge in [-0.2, -0.15) is 0 Å². The van der Waals surface area contributed by atoms with E-state index in [4.69, 9.17) is 14.2 Å². The zero-order chi connectivity index (χ0) is 27.3. The average molecular weight is 532 g/mol. The topological polar surface area (TPSA) is 65.1 Å². The lowest BCUT2D eigenvalue weighted by Crippen LogP contribution is -2.36. The first-order valence-corrected chi connectivity index (χ1v) is 12.9. The molecule has 0 aromatic heterocycles. The van der Waals surface area contributed by atoms with E-state index in [0.29, 0.717) is 28.7 Å². The Labute approximate surface area is 224 Å². The molecule has 39 heavy (non-hydrogen) atoms. The Morgan fingerprint density at radius 3 is 2.15 bits per heavy atom. The number of hydrogen-bond acceptors (Lipinski definition) is 5. The number of benzene rings is 3. The summed E-state index contributed by atoms with van der Waals surface area (Å²) in [5.74, 6) is -2.80. The largest absolute Gasteiger partial charge is 0.342 e. The fraction of sp³-hybridized carbons (Fsp3) is 0.290. The summed E-state index contributed by atoms with van der Waals surface area (Å²) in [6.07, 6.45) is 3.01. The van der Waals surface area contributed by atoms with Gasteiger partial charge < -0.3 is 14.2 Å². The molecular weight excluding hydrogens is 504 g/mol. The zero-order valence-electron chi connectivity index (χ0n) is 21.5. The minimum absolute atomic E-state index is 0.160. The fourth-order valence-corrected chi connectivity index (χ4v) is 5.55. The van der Waals surface area contributed by atoms with Gasteiger partial charge in [-0.1, -0.05) is 48.6 Å². The summed E-state index contributed by atoms with van der Waals surface area (Å²) in [6, 6.07) is 17.6. The number of carbonyl (C=O) groups excluding carboxylic acids is 2. The van der Waals surface area contributed by atoms with Gasteiger partial charge in [0.2, 0.25) is 0 Å². The van der Waals surface area contributed by atoms with Crippen LogP contribution in [0.5, 0.6) is 0 Å². The highest BCUT2D eigenvalue weighted by atomic mass is 19.1. The molecule has 8 heteroatoms. The molecule has 2 fully saturated rings. The molecule has 0 unspecified atom stereocenters. The molecule has 6 nitrogen and oxygen atoms in total. The van der Waals surface area contributed by atoms with Gasteiger partial charge in [0.05, 0.1) is 17.2 Å². The van der Waals surface area contributed by atoms with Crippen molar-refractivity contribution in [1.29, 1.82) is 0 Å². The Kier molecular flexibility index (Phi) is 6.41. The lowest BCUT2D eigenvalue weighted by atomic mass is 9.93. The van der Waals surface area contributed by atoms with E-state index in [1.165, 1.54) is 17.0 Å². The molecule has 0 saturated carbocycles. The number of carbonyl (C=O) groups is 2. The highest BCUT2D eigenvalue weighted by Gasteiger charge is 2.54. The average Bonchev–Trinajstić information content (AvgIpc) is 3.46. The number of rotatable bonds is 6. The second-order valence-corrected chi connectivity index (χ2v) is 10.5. The molecule has 0 spiro atoms. The predicted molar refractivity (Wildman–Crippen MR) is 139 cm³/mol. The van der Waals surface area contributed by atoms with E-state index in [9.17, 15) is 18.4 Å². The summed E-state index contributed by atoms with van der Waals surface area (Å²) in [6.45, 7) is 3.89. The first-order valence-electron chi connectivity index (χ1n) is 12.9. The number of amides is 2. The van der Waals surface area contributed by atoms with Crippen molar-refractivity contribution in [2.45, 2.75) is 44.6 Å². The van der Waals surface area contributed by atoms with Crippen LogP contribution in [0.25, 0.3) is 17.2 Å². The number of hydrogen-bond donors (Lipinski definition) is 0. The second-order valence-electron chi connectivity index (χ2n) is 10.5. The molecule has 0 aliphatic carbocycles. The zero-order valence-corrected chi connectivity index (χ0v) is 21.5. The van der Waals surface area contributed by atoms with Gasteiger partial charge in [-0.3, -0.25) is 14.5 Å². The van der Waals surface area contributed by atoms with Crippen LogP contribution in [0.4, 0.5) is 8.78 Å². The Morgan fingerprint density at radius 2 is 1.51 bits per heavy atom. The molecule has 3 aliphatic heterocycles. The van der Waals surface area contributed by atoms with Gasteiger partial charge in [0, 0.05) is 18.5 Å². The normalized spacial score (nSPS) is 25.5. The minimum atomic E-state index is -0.802. The van der Waals surface area contributed by atoms with Gasteiger partial charge in [0.25, 0.3) is 11.8 Å². The van der Waals surface area contributed by atoms with Crippen molar-refractivity contribution < 1.29 is 32.6 Å². The van der Waals surface area contributed by atoms with Gasteiger partial charge in [-0.25, -0.2) is 8.78 Å². The van der Waals surface area contributed by atoms with E-state index >= 15 is 0 Å². The van der Waals surface area contributed by atoms with Crippen LogP contribution in [0.2, 0.25) is 0 Å². The fourth-order valence-electron chi connectivity index (χ4n) is 5.55. The van der Waals surface area contributed by atoms with E-state index in [1.54, 1.807) is 36.4 Å². The van der Waals surface area contributed by atoms with Gasteiger partial charge in [-0.05, 0) is 61.2 Å². The molecule has 3 aromatic carbocycles. The van der Waals surface area contributed by atoms with Gasteiger partial charge >= 0.3 is 0 Å². The molecule has 0 bridgehead atoms. The molecule has 6 rings (SSSR count). The van der Waals surface area contributed by atoms with Gasteiger partial charge in [0.15, 0.2) is 12.1 Å². The van der Waals surface area contributed by atoms with E-state index in [-0.39, 0.29) is 36.5 Å². The Balaban J connectivity index is 1.18. The van der Waals surface area contributed by atoms with Crippen LogP contribution >= 0.6 is 0 Å². The first kappa shape index (κ1) is 25.6. The molecular formula is C31H27F2NO5. The van der Waals surface area contributed by atoms with Crippen LogP contribution in [0.15, 0.2) is 72.8 Å². The molecule has 0 N–H and O–H groups in total. The third kappa shape index (κ3) is 4.91. The van der Waals surface area contributed by atoms with Crippen LogP contribution in [-0.2, 0) is 14.2 Å². The lowest BCUT2D eigenvalue weighted by Gasteiger charge is -2.25. The van der Waals surface area contributed by atoms with E-state index in [2.05, 4.69) is 0 Å². The van der Waals surface area contributed by atoms with Crippen molar-refractivity contribution in [1.82, 2.24) is 4.90 Å². The second kappa shape index (κ2) is 9.79. The number of imide groups is 1. The van der Waals surface area contributed by atoms with E-state index in [1.807, 2.05) is 38.1 Å². The Morgan fingerprint density at radius 1 is 0.872 bits per heavy atom. The summed E-state index contributed by atoms with van der Waals surface area (Å²) < 4.78 is 45.5. The van der Waals surface area contributed by atoms with E-state index < -0.39 is 23.7 Å². The third-order valence-electron chi connectivity index (χ3n) is 7.37. The Bertz CT molecular complexity index is 1410. The number of halogens is 2. The number of nitrogens with zero attached hydrogens (tertiary/aromatic N) is 1. The Hall–Kier alpha value is -3.72. The maximum Gasteiger partial charge on any atom is 0.261 e. The first-order chi connectivity index (χ1) is 18.7. The minimum Gasteiger partial charge on any atom is -0.342 e. The van der Waals surface area contributed by atoms with Crippen molar-refractivity contribution >= 4 is 17.9 Å². The summed E-state index contributed by atoms with van der Waals surface area (Å²) in [5, 5.41) is 0. The maximum absolute atomic E-state index is 13.6. The van der Waals surface area contributed by atoms with Crippen molar-refractivity contribution in [2.75, 3.05) is 6.54 Å². The van der Waals surface area contributed by atoms with Crippen LogP contribution in [0.3, 0.4) is 0 Å². The van der Waals surface area contributed by atoms with Gasteiger partial charge in [0.1, 0.15) is 17.7 Å². The molecule has 3 aliphatic rings. The van der Waals surface area contributed by atoms with Gasteiger partial charge in [-0.15, -0.1) is 0 Å². The molecule has 200 valence electrons. The molecule has 4 atom stereocenters. The number of ether oxygens (including phenoxy) is 3. The SMILES string of the molecule is CC1(C)O[C@@H]2O[C@H](C=Cc3ccc(-c4cc(F)cc(F)c4)cc3)[C@H](CCN3C(=O)c4ccccc4C3=O)[C@@H]2O1. The molecule has 3 aromatic rings. The van der Waals surface area contributed by atoms with Crippen molar-refractivity contribution in [3.05, 3.63) is 101 Å². The maximum atomic E-state index is 13.6. The summed E-state index contributed by atoms with van der Waals surface area (Å²) in [4.78, 5) is 27.0. The predicted octanol–water partition coefficient (Wildman–Crippen LogP) is 5.82. The number of fused-ring (bicyclic) bond motifs is 2. The monoisotopic (exact) mass is 531 g/mol.